The molecule has 4 rings (SSSR count). The maximum atomic E-state index is 13.8. The van der Waals surface area contributed by atoms with Gasteiger partial charge in [-0.2, -0.15) is 0 Å². The average molecular weight is 612 g/mol. The fourth-order valence-electron chi connectivity index (χ4n) is 4.22. The van der Waals surface area contributed by atoms with Crippen LogP contribution in [0.3, 0.4) is 0 Å². The minimum atomic E-state index is -1.22. The van der Waals surface area contributed by atoms with Gasteiger partial charge in [-0.05, 0) is 32.9 Å². The van der Waals surface area contributed by atoms with Crippen LogP contribution in [0.1, 0.15) is 37.4 Å². The summed E-state index contributed by atoms with van der Waals surface area (Å²) in [6.45, 7) is 5.41. The third-order valence-electron chi connectivity index (χ3n) is 6.09. The molecule has 2 aliphatic heterocycles. The predicted molar refractivity (Wildman–Crippen MR) is 149 cm³/mol. The van der Waals surface area contributed by atoms with Crippen LogP contribution in [0.15, 0.2) is 46.0 Å². The number of carboxylic acids is 1. The number of carbonyl (C=O) groups excluding carboxylic acids is 2. The molecule has 0 unspecified atom stereocenters. The van der Waals surface area contributed by atoms with E-state index in [1.165, 1.54) is 24.3 Å². The lowest BCUT2D eigenvalue weighted by Crippen LogP contribution is -2.52. The first-order chi connectivity index (χ1) is 19.0. The number of rotatable bonds is 9. The lowest BCUT2D eigenvalue weighted by atomic mass is 9.95. The van der Waals surface area contributed by atoms with Crippen molar-refractivity contribution in [3.05, 3.63) is 61.7 Å². The highest BCUT2D eigenvalue weighted by atomic mass is 35.5. The van der Waals surface area contributed by atoms with Crippen LogP contribution >= 0.6 is 34.5 Å². The molecule has 0 saturated carbocycles. The number of carbonyl (C=O) groups is 3. The van der Waals surface area contributed by atoms with E-state index in [1.807, 2.05) is 0 Å². The third kappa shape index (κ3) is 6.99. The van der Waals surface area contributed by atoms with Crippen LogP contribution in [-0.2, 0) is 28.6 Å². The van der Waals surface area contributed by atoms with Gasteiger partial charge in [-0.25, -0.2) is 14.6 Å². The maximum absolute atomic E-state index is 13.8. The first-order valence-corrected chi connectivity index (χ1v) is 14.1. The van der Waals surface area contributed by atoms with E-state index in [2.05, 4.69) is 10.3 Å². The fourth-order valence-corrected chi connectivity index (χ4v) is 5.32. The molecule has 214 valence electrons. The molecule has 11 nitrogen and oxygen atoms in total. The SMILES string of the molecule is CC(C)OC(=O)[C@@H](C)OC(=O)C1=C(CN2CCOC[C@H]2C(=O)O)NC(c2nccs2)=N[C@H]1c1ccc(Cl)cc1Cl. The molecule has 3 heterocycles. The first-order valence-electron chi connectivity index (χ1n) is 12.4. The summed E-state index contributed by atoms with van der Waals surface area (Å²) in [7, 11) is 0. The van der Waals surface area contributed by atoms with E-state index in [0.717, 1.165) is 0 Å². The summed E-state index contributed by atoms with van der Waals surface area (Å²) in [5.74, 6) is -2.24. The van der Waals surface area contributed by atoms with Gasteiger partial charge >= 0.3 is 17.9 Å². The zero-order chi connectivity index (χ0) is 29.0. The Kier molecular flexibility index (Phi) is 9.80. The number of morpholine rings is 1. The summed E-state index contributed by atoms with van der Waals surface area (Å²) in [4.78, 5) is 49.0. The van der Waals surface area contributed by atoms with Crippen LogP contribution < -0.4 is 5.32 Å². The Bertz CT molecular complexity index is 1330. The number of benzene rings is 1. The molecule has 0 radical (unpaired) electrons. The van der Waals surface area contributed by atoms with Crippen molar-refractivity contribution < 1.29 is 33.7 Å². The Hall–Kier alpha value is -3.03. The highest BCUT2D eigenvalue weighted by Crippen LogP contribution is 2.38. The number of ether oxygens (including phenoxy) is 3. The Morgan fingerprint density at radius 3 is 2.67 bits per heavy atom. The summed E-state index contributed by atoms with van der Waals surface area (Å²) in [6.07, 6.45) is -0.00358. The summed E-state index contributed by atoms with van der Waals surface area (Å²) in [5, 5.41) is 15.9. The van der Waals surface area contributed by atoms with Crippen LogP contribution in [0.5, 0.6) is 0 Å². The molecule has 1 aromatic carbocycles. The van der Waals surface area contributed by atoms with Gasteiger partial charge in [0.05, 0.1) is 24.9 Å². The summed E-state index contributed by atoms with van der Waals surface area (Å²) >= 11 is 14.1. The fraction of sp³-hybridized carbons (Fsp3) is 0.423. The van der Waals surface area contributed by atoms with E-state index >= 15 is 0 Å². The van der Waals surface area contributed by atoms with Gasteiger partial charge in [0, 0.05) is 46.0 Å². The number of thiazole rings is 1. The van der Waals surface area contributed by atoms with Crippen LogP contribution in [0, 0.1) is 0 Å². The van der Waals surface area contributed by atoms with Crippen LogP contribution in [-0.4, -0.2) is 83.3 Å². The van der Waals surface area contributed by atoms with Crippen LogP contribution in [0.4, 0.5) is 0 Å². The van der Waals surface area contributed by atoms with Gasteiger partial charge in [0.1, 0.15) is 12.1 Å². The molecule has 3 atom stereocenters. The van der Waals surface area contributed by atoms with E-state index < -0.39 is 42.2 Å². The Morgan fingerprint density at radius 1 is 1.25 bits per heavy atom. The molecule has 0 amide bonds. The largest absolute Gasteiger partial charge is 0.480 e. The second-order valence-electron chi connectivity index (χ2n) is 9.33. The second kappa shape index (κ2) is 13.1. The van der Waals surface area contributed by atoms with Crippen molar-refractivity contribution in [2.75, 3.05) is 26.3 Å². The molecule has 40 heavy (non-hydrogen) atoms. The number of hydrogen-bond donors (Lipinski definition) is 2. The zero-order valence-electron chi connectivity index (χ0n) is 21.9. The Labute approximate surface area is 244 Å². The third-order valence-corrected chi connectivity index (χ3v) is 7.43. The van der Waals surface area contributed by atoms with E-state index in [1.54, 1.807) is 42.5 Å². The van der Waals surface area contributed by atoms with E-state index in [-0.39, 0.29) is 23.7 Å². The summed E-state index contributed by atoms with van der Waals surface area (Å²) in [5.41, 5.74) is 0.850. The van der Waals surface area contributed by atoms with Gasteiger partial charge in [0.15, 0.2) is 16.9 Å². The normalized spacial score (nSPS) is 20.5. The molecule has 0 bridgehead atoms. The Morgan fingerprint density at radius 2 is 2.02 bits per heavy atom. The summed E-state index contributed by atoms with van der Waals surface area (Å²) < 4.78 is 16.1. The highest BCUT2D eigenvalue weighted by Gasteiger charge is 2.38. The minimum absolute atomic E-state index is 0.0136. The number of esters is 2. The van der Waals surface area contributed by atoms with Crippen molar-refractivity contribution in [2.24, 2.45) is 4.99 Å². The van der Waals surface area contributed by atoms with Gasteiger partial charge in [0.2, 0.25) is 0 Å². The van der Waals surface area contributed by atoms with Crippen molar-refractivity contribution in [3.8, 4) is 0 Å². The highest BCUT2D eigenvalue weighted by molar-refractivity contribution is 7.11. The topological polar surface area (TPSA) is 140 Å². The zero-order valence-corrected chi connectivity index (χ0v) is 24.3. The minimum Gasteiger partial charge on any atom is -0.480 e. The number of aliphatic carboxylic acids is 1. The van der Waals surface area contributed by atoms with Gasteiger partial charge in [-0.1, -0.05) is 29.3 Å². The molecule has 1 saturated heterocycles. The molecule has 2 N–H and O–H groups in total. The lowest BCUT2D eigenvalue weighted by molar-refractivity contribution is -0.167. The van der Waals surface area contributed by atoms with Crippen LogP contribution in [0.2, 0.25) is 10.0 Å². The first kappa shape index (κ1) is 29.9. The molecule has 0 spiro atoms. The lowest BCUT2D eigenvalue weighted by Gasteiger charge is -2.35. The number of amidine groups is 1. The number of nitrogens with one attached hydrogen (secondary N) is 1. The van der Waals surface area contributed by atoms with E-state index in [4.69, 9.17) is 42.4 Å². The number of aromatic nitrogens is 1. The number of halogens is 2. The number of hydrogen-bond acceptors (Lipinski definition) is 11. The van der Waals surface area contributed by atoms with Crippen LogP contribution in [0.25, 0.3) is 0 Å². The average Bonchev–Trinajstić information content (AvgIpc) is 3.43. The van der Waals surface area contributed by atoms with Crippen molar-refractivity contribution in [2.45, 2.75) is 45.1 Å². The molecule has 2 aliphatic rings. The molecular weight excluding hydrogens is 583 g/mol. The Balaban J connectivity index is 1.81. The van der Waals surface area contributed by atoms with Crippen molar-refractivity contribution in [3.63, 3.8) is 0 Å². The van der Waals surface area contributed by atoms with Gasteiger partial charge in [0.25, 0.3) is 0 Å². The molecule has 0 aliphatic carbocycles. The molecule has 1 aromatic heterocycles. The standard InChI is InChI=1S/C26H28Cl2N4O7S/c1-13(2)38-25(35)14(3)39-26(36)20-18(11-32-7-8-37-12-19(32)24(33)34)30-22(23-29-6-9-40-23)31-21(20)16-5-4-15(27)10-17(16)28/h4-6,9-10,13-14,19,21H,7-8,11-12H2,1-3H3,(H,30,31)(H,33,34)/t14-,19+,21+/m1/s1. The maximum Gasteiger partial charge on any atom is 0.347 e. The molecule has 1 fully saturated rings. The number of aliphatic imine (C=N–C) groups is 1. The molecule has 2 aromatic rings. The van der Waals surface area contributed by atoms with Gasteiger partial charge < -0.3 is 24.6 Å². The smallest absolute Gasteiger partial charge is 0.347 e. The van der Waals surface area contributed by atoms with Crippen molar-refractivity contribution in [1.29, 1.82) is 0 Å². The molecular formula is C26H28Cl2N4O7S. The van der Waals surface area contributed by atoms with Gasteiger partial charge in [-0.15, -0.1) is 11.3 Å². The monoisotopic (exact) mass is 610 g/mol. The predicted octanol–water partition coefficient (Wildman–Crippen LogP) is 3.46. The second-order valence-corrected chi connectivity index (χ2v) is 11.1. The summed E-state index contributed by atoms with van der Waals surface area (Å²) in [6, 6.07) is 2.88. The quantitative estimate of drug-likeness (QED) is 0.405. The van der Waals surface area contributed by atoms with E-state index in [9.17, 15) is 19.5 Å². The number of nitrogens with zero attached hydrogens (tertiary/aromatic N) is 3. The van der Waals surface area contributed by atoms with Gasteiger partial charge in [-0.3, -0.25) is 14.7 Å². The molecule has 14 heteroatoms. The van der Waals surface area contributed by atoms with Crippen molar-refractivity contribution in [1.82, 2.24) is 15.2 Å². The van der Waals surface area contributed by atoms with Crippen molar-refractivity contribution >= 4 is 58.3 Å². The number of carboxylic acid groups (broad SMARTS) is 1. The van der Waals surface area contributed by atoms with E-state index in [0.29, 0.717) is 40.3 Å².